The van der Waals surface area contributed by atoms with E-state index in [0.29, 0.717) is 6.42 Å². The molecule has 0 aromatic rings. The maximum absolute atomic E-state index is 13.7. The first-order chi connectivity index (χ1) is 8.27. The first kappa shape index (κ1) is 18.2. The quantitative estimate of drug-likeness (QED) is 0.538. The lowest BCUT2D eigenvalue weighted by atomic mass is 9.90. The van der Waals surface area contributed by atoms with Crippen molar-refractivity contribution in [1.82, 2.24) is 0 Å². The summed E-state index contributed by atoms with van der Waals surface area (Å²) in [4.78, 5) is 11.8. The molecule has 114 valence electrons. The zero-order valence-corrected chi connectivity index (χ0v) is 12.2. The molecule has 0 aromatic heterocycles. The molecule has 19 heavy (non-hydrogen) atoms. The van der Waals surface area contributed by atoms with Crippen LogP contribution in [0.3, 0.4) is 0 Å². The second kappa shape index (κ2) is 5.67. The van der Waals surface area contributed by atoms with E-state index < -0.39 is 35.3 Å². The fourth-order valence-electron chi connectivity index (χ4n) is 1.30. The van der Waals surface area contributed by atoms with Crippen LogP contribution in [-0.4, -0.2) is 23.9 Å². The number of alkyl halides is 4. The number of esters is 1. The largest absolute Gasteiger partial charge is 0.455 e. The molecule has 1 atom stereocenters. The van der Waals surface area contributed by atoms with E-state index in [1.165, 1.54) is 27.7 Å². The molecule has 0 aliphatic heterocycles. The van der Waals surface area contributed by atoms with Crippen LogP contribution in [0, 0.1) is 11.3 Å². The molecule has 0 N–H and O–H groups in total. The van der Waals surface area contributed by atoms with Gasteiger partial charge in [-0.15, -0.1) is 0 Å². The lowest BCUT2D eigenvalue weighted by Crippen LogP contribution is -2.53. The van der Waals surface area contributed by atoms with Crippen molar-refractivity contribution in [3.63, 3.8) is 0 Å². The van der Waals surface area contributed by atoms with E-state index in [2.05, 4.69) is 4.74 Å². The van der Waals surface area contributed by atoms with Crippen molar-refractivity contribution in [1.29, 1.82) is 0 Å². The second-order valence-corrected chi connectivity index (χ2v) is 5.82. The standard InChI is InChI=1S/C13H22F4O2/c1-7-11(4,5)10(18)19-9(8(2)3)13(16,17)12(6,14)15/h8-9H,7H2,1-6H3. The van der Waals surface area contributed by atoms with Crippen molar-refractivity contribution >= 4 is 5.97 Å². The Kier molecular flexibility index (Phi) is 5.43. The highest BCUT2D eigenvalue weighted by molar-refractivity contribution is 5.76. The average molecular weight is 286 g/mol. The minimum absolute atomic E-state index is 0.126. The number of rotatable bonds is 6. The highest BCUT2D eigenvalue weighted by Crippen LogP contribution is 2.41. The maximum atomic E-state index is 13.7. The normalized spacial score (nSPS) is 15.5. The van der Waals surface area contributed by atoms with Gasteiger partial charge in [-0.1, -0.05) is 20.8 Å². The van der Waals surface area contributed by atoms with Crippen LogP contribution in [0.5, 0.6) is 0 Å². The highest BCUT2D eigenvalue weighted by atomic mass is 19.3. The molecule has 0 fully saturated rings. The number of hydrogen-bond donors (Lipinski definition) is 0. The van der Waals surface area contributed by atoms with Crippen LogP contribution in [-0.2, 0) is 9.53 Å². The summed E-state index contributed by atoms with van der Waals surface area (Å²) in [6.07, 6.45) is -1.78. The Labute approximate surface area is 111 Å². The Bertz CT molecular complexity index is 319. The van der Waals surface area contributed by atoms with E-state index in [9.17, 15) is 22.4 Å². The molecule has 6 heteroatoms. The van der Waals surface area contributed by atoms with Gasteiger partial charge in [-0.3, -0.25) is 4.79 Å². The average Bonchev–Trinajstić information content (AvgIpc) is 2.22. The van der Waals surface area contributed by atoms with Crippen LogP contribution >= 0.6 is 0 Å². The molecule has 0 aliphatic rings. The van der Waals surface area contributed by atoms with Gasteiger partial charge in [-0.05, 0) is 26.2 Å². The third-order valence-electron chi connectivity index (χ3n) is 3.22. The lowest BCUT2D eigenvalue weighted by Gasteiger charge is -2.35. The van der Waals surface area contributed by atoms with E-state index in [1.807, 2.05) is 0 Å². The Balaban J connectivity index is 5.23. The van der Waals surface area contributed by atoms with Crippen LogP contribution < -0.4 is 0 Å². The van der Waals surface area contributed by atoms with Gasteiger partial charge >= 0.3 is 17.8 Å². The summed E-state index contributed by atoms with van der Waals surface area (Å²) in [6.45, 7) is 7.50. The van der Waals surface area contributed by atoms with E-state index in [4.69, 9.17) is 0 Å². The molecule has 0 saturated carbocycles. The van der Waals surface area contributed by atoms with Gasteiger partial charge in [0.15, 0.2) is 6.10 Å². The number of carbonyl (C=O) groups is 1. The smallest absolute Gasteiger partial charge is 0.346 e. The molecule has 0 heterocycles. The van der Waals surface area contributed by atoms with E-state index in [-0.39, 0.29) is 6.92 Å². The van der Waals surface area contributed by atoms with Gasteiger partial charge < -0.3 is 4.74 Å². The molecular weight excluding hydrogens is 264 g/mol. The van der Waals surface area contributed by atoms with Gasteiger partial charge in [0.1, 0.15) is 0 Å². The molecule has 0 saturated heterocycles. The highest BCUT2D eigenvalue weighted by Gasteiger charge is 2.60. The van der Waals surface area contributed by atoms with Crippen LogP contribution in [0.15, 0.2) is 0 Å². The van der Waals surface area contributed by atoms with Gasteiger partial charge in [-0.2, -0.15) is 8.78 Å². The van der Waals surface area contributed by atoms with Crippen LogP contribution in [0.2, 0.25) is 0 Å². The summed E-state index contributed by atoms with van der Waals surface area (Å²) < 4.78 is 58.0. The van der Waals surface area contributed by atoms with E-state index in [0.717, 1.165) is 0 Å². The van der Waals surface area contributed by atoms with Crippen LogP contribution in [0.4, 0.5) is 17.6 Å². The summed E-state index contributed by atoms with van der Waals surface area (Å²) in [7, 11) is 0. The van der Waals surface area contributed by atoms with Gasteiger partial charge in [-0.25, -0.2) is 8.78 Å². The van der Waals surface area contributed by atoms with Crippen molar-refractivity contribution < 1.29 is 27.1 Å². The van der Waals surface area contributed by atoms with Crippen molar-refractivity contribution in [2.24, 2.45) is 11.3 Å². The zero-order valence-electron chi connectivity index (χ0n) is 12.2. The predicted octanol–water partition coefficient (Wildman–Crippen LogP) is 4.28. The minimum atomic E-state index is -4.40. The summed E-state index contributed by atoms with van der Waals surface area (Å²) in [5.74, 6) is -10.5. The lowest BCUT2D eigenvalue weighted by molar-refractivity contribution is -0.261. The molecule has 0 radical (unpaired) electrons. The number of ether oxygens (including phenoxy) is 1. The fraction of sp³-hybridized carbons (Fsp3) is 0.923. The van der Waals surface area contributed by atoms with Crippen molar-refractivity contribution in [2.75, 3.05) is 0 Å². The molecule has 0 aliphatic carbocycles. The van der Waals surface area contributed by atoms with E-state index in [1.54, 1.807) is 6.92 Å². The van der Waals surface area contributed by atoms with E-state index >= 15 is 0 Å². The summed E-state index contributed by atoms with van der Waals surface area (Å²) in [6, 6.07) is 0. The van der Waals surface area contributed by atoms with Gasteiger partial charge in [0.05, 0.1) is 5.41 Å². The molecule has 0 aromatic carbocycles. The minimum Gasteiger partial charge on any atom is -0.455 e. The third kappa shape index (κ3) is 4.08. The van der Waals surface area contributed by atoms with Crippen molar-refractivity contribution in [2.45, 2.75) is 65.9 Å². The van der Waals surface area contributed by atoms with Crippen molar-refractivity contribution in [3.05, 3.63) is 0 Å². The Hall–Kier alpha value is -0.810. The van der Waals surface area contributed by atoms with Gasteiger partial charge in [0, 0.05) is 6.92 Å². The Morgan fingerprint density at radius 3 is 1.79 bits per heavy atom. The Morgan fingerprint density at radius 2 is 1.53 bits per heavy atom. The van der Waals surface area contributed by atoms with Crippen molar-refractivity contribution in [3.8, 4) is 0 Å². The molecule has 0 rings (SSSR count). The first-order valence-electron chi connectivity index (χ1n) is 6.24. The SMILES string of the molecule is CCC(C)(C)C(=O)OC(C(C)C)C(F)(F)C(C)(F)F. The predicted molar refractivity (Wildman–Crippen MR) is 64.4 cm³/mol. The molecule has 1 unspecified atom stereocenters. The number of halogens is 4. The van der Waals surface area contributed by atoms with Gasteiger partial charge in [0.25, 0.3) is 0 Å². The summed E-state index contributed by atoms with van der Waals surface area (Å²) in [5, 5.41) is 0. The molecule has 0 amide bonds. The maximum Gasteiger partial charge on any atom is 0.346 e. The molecule has 2 nitrogen and oxygen atoms in total. The molecule has 0 bridgehead atoms. The second-order valence-electron chi connectivity index (χ2n) is 5.82. The summed E-state index contributed by atoms with van der Waals surface area (Å²) in [5.41, 5.74) is -0.980. The fourth-order valence-corrected chi connectivity index (χ4v) is 1.30. The zero-order chi connectivity index (χ0) is 15.6. The third-order valence-corrected chi connectivity index (χ3v) is 3.22. The number of carbonyl (C=O) groups excluding carboxylic acids is 1. The Morgan fingerprint density at radius 1 is 1.11 bits per heavy atom. The van der Waals surface area contributed by atoms with Crippen LogP contribution in [0.25, 0.3) is 0 Å². The number of hydrogen-bond acceptors (Lipinski definition) is 2. The first-order valence-corrected chi connectivity index (χ1v) is 6.24. The summed E-state index contributed by atoms with van der Waals surface area (Å²) >= 11 is 0. The molecular formula is C13H22F4O2. The molecule has 0 spiro atoms. The van der Waals surface area contributed by atoms with Crippen LogP contribution in [0.1, 0.15) is 48.0 Å². The van der Waals surface area contributed by atoms with Gasteiger partial charge in [0.2, 0.25) is 0 Å². The monoisotopic (exact) mass is 286 g/mol. The topological polar surface area (TPSA) is 26.3 Å².